The monoisotopic (exact) mass is 373 g/mol. The third kappa shape index (κ3) is 3.81. The molecule has 0 atom stereocenters. The topological polar surface area (TPSA) is 111 Å². The van der Waals surface area contributed by atoms with Gasteiger partial charge in [-0.2, -0.15) is 5.10 Å². The lowest BCUT2D eigenvalue weighted by Crippen LogP contribution is -2.16. The number of hydrogen-bond acceptors (Lipinski definition) is 6. The highest BCUT2D eigenvalue weighted by atomic mass is 35.5. The van der Waals surface area contributed by atoms with Gasteiger partial charge in [-0.3, -0.25) is 14.9 Å². The lowest BCUT2D eigenvalue weighted by atomic mass is 10.1. The van der Waals surface area contributed by atoms with E-state index < -0.39 is 10.8 Å². The quantitative estimate of drug-likeness (QED) is 0.410. The Hall–Kier alpha value is -3.39. The summed E-state index contributed by atoms with van der Waals surface area (Å²) < 4.78 is 10.7. The molecule has 0 radical (unpaired) electrons. The Labute approximate surface area is 152 Å². The van der Waals surface area contributed by atoms with Crippen LogP contribution in [0, 0.1) is 17.0 Å². The molecule has 1 N–H and O–H groups in total. The number of carbonyl (C=O) groups is 1. The van der Waals surface area contributed by atoms with Crippen molar-refractivity contribution in [2.24, 2.45) is 5.10 Å². The van der Waals surface area contributed by atoms with Crippen molar-refractivity contribution in [2.75, 3.05) is 0 Å². The molecule has 0 saturated carbocycles. The van der Waals surface area contributed by atoms with Gasteiger partial charge in [0.2, 0.25) is 0 Å². The fourth-order valence-electron chi connectivity index (χ4n) is 2.20. The predicted octanol–water partition coefficient (Wildman–Crippen LogP) is 4.17. The molecule has 132 valence electrons. The van der Waals surface area contributed by atoms with Gasteiger partial charge in [0.1, 0.15) is 17.3 Å². The molecule has 8 nitrogen and oxygen atoms in total. The van der Waals surface area contributed by atoms with Gasteiger partial charge in [0.25, 0.3) is 5.69 Å². The van der Waals surface area contributed by atoms with Gasteiger partial charge in [-0.05, 0) is 43.3 Å². The second kappa shape index (κ2) is 7.24. The fourth-order valence-corrected chi connectivity index (χ4v) is 2.36. The number of nitro groups is 1. The number of nitrogens with zero attached hydrogens (tertiary/aromatic N) is 2. The molecule has 3 aromatic rings. The predicted molar refractivity (Wildman–Crippen MR) is 94.3 cm³/mol. The maximum absolute atomic E-state index is 11.8. The van der Waals surface area contributed by atoms with Crippen molar-refractivity contribution in [1.82, 2.24) is 5.43 Å². The number of carbonyl (C=O) groups excluding carboxylic acids is 1. The number of nitrogens with one attached hydrogen (secondary N) is 1. The smallest absolute Gasteiger partial charge is 0.307 e. The molecule has 2 aromatic heterocycles. The van der Waals surface area contributed by atoms with Crippen LogP contribution < -0.4 is 5.43 Å². The van der Waals surface area contributed by atoms with Gasteiger partial charge in [0, 0.05) is 11.1 Å². The molecule has 0 aliphatic heterocycles. The molecule has 1 amide bonds. The molecular formula is C17H12ClN3O5. The molecule has 9 heteroatoms. The SMILES string of the molecule is Cc1ccc(C(=O)N/N=C\c2ccc(-c3ccc(Cl)cc3[N+](=O)[O-])o2)o1. The van der Waals surface area contributed by atoms with Gasteiger partial charge in [-0.25, -0.2) is 5.43 Å². The van der Waals surface area contributed by atoms with E-state index >= 15 is 0 Å². The van der Waals surface area contributed by atoms with E-state index in [1.807, 2.05) is 0 Å². The van der Waals surface area contributed by atoms with Gasteiger partial charge in [0.15, 0.2) is 5.76 Å². The number of benzene rings is 1. The van der Waals surface area contributed by atoms with E-state index in [-0.39, 0.29) is 27.8 Å². The summed E-state index contributed by atoms with van der Waals surface area (Å²) in [5.74, 6) is 0.827. The largest absolute Gasteiger partial charge is 0.456 e. The zero-order valence-electron chi connectivity index (χ0n) is 13.4. The Kier molecular flexibility index (Phi) is 4.85. The fraction of sp³-hybridized carbons (Fsp3) is 0.0588. The molecular weight excluding hydrogens is 362 g/mol. The second-order valence-corrected chi connectivity index (χ2v) is 5.67. The van der Waals surface area contributed by atoms with Gasteiger partial charge < -0.3 is 8.83 Å². The zero-order valence-corrected chi connectivity index (χ0v) is 14.2. The third-order valence-corrected chi connectivity index (χ3v) is 3.61. The molecule has 0 spiro atoms. The molecule has 0 bridgehead atoms. The van der Waals surface area contributed by atoms with Crippen LogP contribution in [0.5, 0.6) is 0 Å². The summed E-state index contributed by atoms with van der Waals surface area (Å²) in [7, 11) is 0. The van der Waals surface area contributed by atoms with Crippen molar-refractivity contribution in [1.29, 1.82) is 0 Å². The van der Waals surface area contributed by atoms with E-state index in [4.69, 9.17) is 20.4 Å². The van der Waals surface area contributed by atoms with E-state index in [9.17, 15) is 14.9 Å². The highest BCUT2D eigenvalue weighted by Crippen LogP contribution is 2.33. The van der Waals surface area contributed by atoms with Crippen LogP contribution >= 0.6 is 11.6 Å². The zero-order chi connectivity index (χ0) is 18.7. The van der Waals surface area contributed by atoms with Gasteiger partial charge >= 0.3 is 5.91 Å². The van der Waals surface area contributed by atoms with Crippen LogP contribution in [0.2, 0.25) is 5.02 Å². The van der Waals surface area contributed by atoms with E-state index in [1.54, 1.807) is 25.1 Å². The molecule has 1 aromatic carbocycles. The van der Waals surface area contributed by atoms with Crippen LogP contribution in [0.1, 0.15) is 22.1 Å². The van der Waals surface area contributed by atoms with Crippen molar-refractivity contribution >= 4 is 29.4 Å². The van der Waals surface area contributed by atoms with Crippen LogP contribution in [0.4, 0.5) is 5.69 Å². The maximum Gasteiger partial charge on any atom is 0.307 e. The average Bonchev–Trinajstić information content (AvgIpc) is 3.24. The van der Waals surface area contributed by atoms with Crippen molar-refractivity contribution in [3.8, 4) is 11.3 Å². The van der Waals surface area contributed by atoms with Crippen LogP contribution in [-0.4, -0.2) is 17.0 Å². The Balaban J connectivity index is 1.74. The molecule has 3 rings (SSSR count). The van der Waals surface area contributed by atoms with Crippen molar-refractivity contribution < 1.29 is 18.6 Å². The molecule has 26 heavy (non-hydrogen) atoms. The average molecular weight is 374 g/mol. The number of rotatable bonds is 5. The van der Waals surface area contributed by atoms with E-state index in [1.165, 1.54) is 30.5 Å². The lowest BCUT2D eigenvalue weighted by molar-refractivity contribution is -0.384. The third-order valence-electron chi connectivity index (χ3n) is 3.37. The summed E-state index contributed by atoms with van der Waals surface area (Å²) in [4.78, 5) is 22.4. The summed E-state index contributed by atoms with van der Waals surface area (Å²) in [5, 5.41) is 15.2. The molecule has 0 aliphatic rings. The summed E-state index contributed by atoms with van der Waals surface area (Å²) >= 11 is 5.80. The van der Waals surface area contributed by atoms with Crippen LogP contribution in [0.3, 0.4) is 0 Å². The number of amides is 1. The Morgan fingerprint density at radius 3 is 2.73 bits per heavy atom. The van der Waals surface area contributed by atoms with Crippen LogP contribution in [0.15, 0.2) is 56.4 Å². The Morgan fingerprint density at radius 1 is 1.23 bits per heavy atom. The van der Waals surface area contributed by atoms with Gasteiger partial charge in [-0.15, -0.1) is 0 Å². The minimum Gasteiger partial charge on any atom is -0.456 e. The summed E-state index contributed by atoms with van der Waals surface area (Å²) in [6.07, 6.45) is 1.28. The number of furan rings is 2. The van der Waals surface area contributed by atoms with E-state index in [0.29, 0.717) is 11.5 Å². The maximum atomic E-state index is 11.8. The number of nitro benzene ring substituents is 1. The van der Waals surface area contributed by atoms with Crippen LogP contribution in [-0.2, 0) is 0 Å². The minimum absolute atomic E-state index is 0.136. The van der Waals surface area contributed by atoms with Crippen molar-refractivity contribution in [3.05, 3.63) is 74.9 Å². The Bertz CT molecular complexity index is 1010. The van der Waals surface area contributed by atoms with Crippen LogP contribution in [0.25, 0.3) is 11.3 Å². The lowest BCUT2D eigenvalue weighted by Gasteiger charge is -2.00. The summed E-state index contributed by atoms with van der Waals surface area (Å²) in [6, 6.07) is 10.6. The first-order chi connectivity index (χ1) is 12.4. The molecule has 0 aliphatic carbocycles. The number of hydrazone groups is 1. The van der Waals surface area contributed by atoms with E-state index in [0.717, 1.165) is 0 Å². The number of hydrogen-bond donors (Lipinski definition) is 1. The van der Waals surface area contributed by atoms with Crippen molar-refractivity contribution in [3.63, 3.8) is 0 Å². The number of aryl methyl sites for hydroxylation is 1. The summed E-state index contributed by atoms with van der Waals surface area (Å²) in [6.45, 7) is 1.72. The minimum atomic E-state index is -0.539. The van der Waals surface area contributed by atoms with Gasteiger partial charge in [-0.1, -0.05) is 11.6 Å². The number of halogens is 1. The highest BCUT2D eigenvalue weighted by molar-refractivity contribution is 6.30. The first kappa shape index (κ1) is 17.4. The molecule has 0 unspecified atom stereocenters. The second-order valence-electron chi connectivity index (χ2n) is 5.23. The summed E-state index contributed by atoms with van der Waals surface area (Å²) in [5.41, 5.74) is 2.41. The molecule has 0 fully saturated rings. The van der Waals surface area contributed by atoms with Crippen molar-refractivity contribution in [2.45, 2.75) is 6.92 Å². The molecule has 0 saturated heterocycles. The molecule has 2 heterocycles. The first-order valence-corrected chi connectivity index (χ1v) is 7.76. The first-order valence-electron chi connectivity index (χ1n) is 7.38. The highest BCUT2D eigenvalue weighted by Gasteiger charge is 2.18. The van der Waals surface area contributed by atoms with Gasteiger partial charge in [0.05, 0.1) is 16.7 Å². The standard InChI is InChI=1S/C17H12ClN3O5/c1-10-2-6-16(25-10)17(22)20-19-9-12-4-7-15(26-12)13-5-3-11(18)8-14(13)21(23)24/h2-9H,1H3,(H,20,22)/b19-9-. The Morgan fingerprint density at radius 2 is 2.04 bits per heavy atom. The van der Waals surface area contributed by atoms with E-state index in [2.05, 4.69) is 10.5 Å². The normalized spacial score (nSPS) is 11.0.